The SMILES string of the molecule is Cc1ccc(C2CCC(CI)OC2)cc1. The highest BCUT2D eigenvalue weighted by molar-refractivity contribution is 14.1. The minimum absolute atomic E-state index is 0.493. The van der Waals surface area contributed by atoms with E-state index >= 15 is 0 Å². The first-order valence-corrected chi connectivity index (χ1v) is 7.06. The number of benzene rings is 1. The van der Waals surface area contributed by atoms with Crippen molar-refractivity contribution >= 4 is 22.6 Å². The summed E-state index contributed by atoms with van der Waals surface area (Å²) in [6.07, 6.45) is 2.98. The predicted molar refractivity (Wildman–Crippen MR) is 71.8 cm³/mol. The highest BCUT2D eigenvalue weighted by atomic mass is 127. The van der Waals surface area contributed by atoms with Crippen molar-refractivity contribution in [3.8, 4) is 0 Å². The van der Waals surface area contributed by atoms with Crippen LogP contribution in [0, 0.1) is 6.92 Å². The molecule has 1 aromatic rings. The number of alkyl halides is 1. The van der Waals surface area contributed by atoms with Gasteiger partial charge >= 0.3 is 0 Å². The van der Waals surface area contributed by atoms with Crippen LogP contribution < -0.4 is 0 Å². The van der Waals surface area contributed by atoms with E-state index in [2.05, 4.69) is 53.8 Å². The van der Waals surface area contributed by atoms with E-state index in [9.17, 15) is 0 Å². The third-order valence-corrected chi connectivity index (χ3v) is 4.07. The summed E-state index contributed by atoms with van der Waals surface area (Å²) < 4.78 is 6.94. The summed E-state index contributed by atoms with van der Waals surface area (Å²) in [4.78, 5) is 0. The van der Waals surface area contributed by atoms with E-state index in [1.54, 1.807) is 0 Å². The predicted octanol–water partition coefficient (Wildman–Crippen LogP) is 3.69. The first kappa shape index (κ1) is 11.4. The van der Waals surface area contributed by atoms with Gasteiger partial charge in [-0.15, -0.1) is 0 Å². The van der Waals surface area contributed by atoms with E-state index < -0.39 is 0 Å². The molecule has 0 amide bonds. The first-order valence-electron chi connectivity index (χ1n) is 5.53. The van der Waals surface area contributed by atoms with Crippen LogP contribution in [0.15, 0.2) is 24.3 Å². The summed E-state index contributed by atoms with van der Waals surface area (Å²) in [5.74, 6) is 0.616. The van der Waals surface area contributed by atoms with Gasteiger partial charge in [-0.25, -0.2) is 0 Å². The Kier molecular flexibility index (Phi) is 4.03. The Morgan fingerprint density at radius 3 is 2.53 bits per heavy atom. The fourth-order valence-corrected chi connectivity index (χ4v) is 2.72. The van der Waals surface area contributed by atoms with E-state index in [-0.39, 0.29) is 0 Å². The van der Waals surface area contributed by atoms with E-state index in [1.165, 1.54) is 24.0 Å². The minimum atomic E-state index is 0.493. The van der Waals surface area contributed by atoms with Crippen LogP contribution in [0.25, 0.3) is 0 Å². The number of aryl methyl sites for hydroxylation is 1. The summed E-state index contributed by atoms with van der Waals surface area (Å²) in [5.41, 5.74) is 2.77. The van der Waals surface area contributed by atoms with Gasteiger partial charge in [0.15, 0.2) is 0 Å². The Bertz CT molecular complexity index is 299. The van der Waals surface area contributed by atoms with Crippen LogP contribution in [0.4, 0.5) is 0 Å². The molecule has 1 saturated heterocycles. The number of rotatable bonds is 2. The summed E-state index contributed by atoms with van der Waals surface area (Å²) in [6, 6.07) is 8.88. The zero-order valence-corrected chi connectivity index (χ0v) is 11.2. The minimum Gasteiger partial charge on any atom is -0.377 e. The average molecular weight is 316 g/mol. The van der Waals surface area contributed by atoms with Crippen LogP contribution in [-0.2, 0) is 4.74 Å². The lowest BCUT2D eigenvalue weighted by Gasteiger charge is -2.28. The lowest BCUT2D eigenvalue weighted by Crippen LogP contribution is -2.25. The normalized spacial score (nSPS) is 26.5. The third kappa shape index (κ3) is 2.94. The fraction of sp³-hybridized carbons (Fsp3) is 0.538. The molecule has 2 rings (SSSR count). The summed E-state index contributed by atoms with van der Waals surface area (Å²) in [7, 11) is 0. The molecule has 1 heterocycles. The molecule has 1 fully saturated rings. The summed E-state index contributed by atoms with van der Waals surface area (Å²) in [5, 5.41) is 0. The molecule has 0 aliphatic carbocycles. The zero-order chi connectivity index (χ0) is 10.7. The number of ether oxygens (including phenoxy) is 1. The summed E-state index contributed by atoms with van der Waals surface area (Å²) >= 11 is 2.41. The highest BCUT2D eigenvalue weighted by Gasteiger charge is 2.21. The molecule has 2 unspecified atom stereocenters. The van der Waals surface area contributed by atoms with E-state index in [0.29, 0.717) is 12.0 Å². The largest absolute Gasteiger partial charge is 0.377 e. The lowest BCUT2D eigenvalue weighted by atomic mass is 9.91. The molecule has 82 valence electrons. The Balaban J connectivity index is 1.98. The van der Waals surface area contributed by atoms with Crippen molar-refractivity contribution in [3.63, 3.8) is 0 Å². The maximum absolute atomic E-state index is 5.82. The molecule has 0 saturated carbocycles. The molecule has 2 atom stereocenters. The van der Waals surface area contributed by atoms with Gasteiger partial charge in [0.25, 0.3) is 0 Å². The molecule has 1 aliphatic rings. The van der Waals surface area contributed by atoms with Crippen LogP contribution >= 0.6 is 22.6 Å². The topological polar surface area (TPSA) is 9.23 Å². The van der Waals surface area contributed by atoms with Gasteiger partial charge in [0, 0.05) is 10.3 Å². The fourth-order valence-electron chi connectivity index (χ4n) is 2.03. The van der Waals surface area contributed by atoms with Crippen LogP contribution in [-0.4, -0.2) is 17.1 Å². The van der Waals surface area contributed by atoms with Crippen molar-refractivity contribution in [2.45, 2.75) is 31.8 Å². The Morgan fingerprint density at radius 2 is 2.00 bits per heavy atom. The highest BCUT2D eigenvalue weighted by Crippen LogP contribution is 2.28. The maximum Gasteiger partial charge on any atom is 0.0665 e. The number of hydrogen-bond donors (Lipinski definition) is 0. The van der Waals surface area contributed by atoms with Gasteiger partial charge in [0.2, 0.25) is 0 Å². The van der Waals surface area contributed by atoms with Gasteiger partial charge < -0.3 is 4.74 Å². The standard InChI is InChI=1S/C13H17IO/c1-10-2-4-11(5-3-10)12-6-7-13(8-14)15-9-12/h2-5,12-13H,6-9H2,1H3. The molecule has 0 N–H and O–H groups in total. The van der Waals surface area contributed by atoms with Gasteiger partial charge in [-0.3, -0.25) is 0 Å². The van der Waals surface area contributed by atoms with Crippen molar-refractivity contribution in [3.05, 3.63) is 35.4 Å². The Hall–Kier alpha value is -0.0900. The molecule has 0 radical (unpaired) electrons. The average Bonchev–Trinajstić information content (AvgIpc) is 2.30. The van der Waals surface area contributed by atoms with Gasteiger partial charge in [-0.2, -0.15) is 0 Å². The number of hydrogen-bond acceptors (Lipinski definition) is 1. The molecule has 0 aromatic heterocycles. The van der Waals surface area contributed by atoms with Crippen LogP contribution in [0.5, 0.6) is 0 Å². The molecule has 1 aromatic carbocycles. The quantitative estimate of drug-likeness (QED) is 0.597. The van der Waals surface area contributed by atoms with Crippen molar-refractivity contribution in [1.29, 1.82) is 0 Å². The Morgan fingerprint density at radius 1 is 1.27 bits per heavy atom. The van der Waals surface area contributed by atoms with Crippen molar-refractivity contribution < 1.29 is 4.74 Å². The van der Waals surface area contributed by atoms with E-state index in [1.807, 2.05) is 0 Å². The second kappa shape index (κ2) is 5.30. The molecular weight excluding hydrogens is 299 g/mol. The molecule has 0 spiro atoms. The first-order chi connectivity index (χ1) is 7.29. The smallest absolute Gasteiger partial charge is 0.0665 e. The monoisotopic (exact) mass is 316 g/mol. The molecule has 2 heteroatoms. The van der Waals surface area contributed by atoms with Crippen molar-refractivity contribution in [2.75, 3.05) is 11.0 Å². The second-order valence-electron chi connectivity index (χ2n) is 4.29. The van der Waals surface area contributed by atoms with Crippen LogP contribution in [0.1, 0.15) is 29.9 Å². The maximum atomic E-state index is 5.82. The zero-order valence-electron chi connectivity index (χ0n) is 9.08. The third-order valence-electron chi connectivity index (χ3n) is 3.09. The van der Waals surface area contributed by atoms with Gasteiger partial charge in [-0.1, -0.05) is 52.4 Å². The van der Waals surface area contributed by atoms with Crippen molar-refractivity contribution in [1.82, 2.24) is 0 Å². The van der Waals surface area contributed by atoms with Crippen LogP contribution in [0.2, 0.25) is 0 Å². The molecular formula is C13H17IO. The molecule has 0 bridgehead atoms. The van der Waals surface area contributed by atoms with Gasteiger partial charge in [0.1, 0.15) is 0 Å². The molecule has 1 aliphatic heterocycles. The second-order valence-corrected chi connectivity index (χ2v) is 5.18. The van der Waals surface area contributed by atoms with E-state index in [0.717, 1.165) is 11.0 Å². The number of halogens is 1. The van der Waals surface area contributed by atoms with E-state index in [4.69, 9.17) is 4.74 Å². The molecule has 1 nitrogen and oxygen atoms in total. The van der Waals surface area contributed by atoms with Gasteiger partial charge in [0.05, 0.1) is 12.7 Å². The summed E-state index contributed by atoms with van der Waals surface area (Å²) in [6.45, 7) is 3.03. The van der Waals surface area contributed by atoms with Crippen molar-refractivity contribution in [2.24, 2.45) is 0 Å². The lowest BCUT2D eigenvalue weighted by molar-refractivity contribution is 0.0201. The van der Waals surface area contributed by atoms with Gasteiger partial charge in [-0.05, 0) is 25.3 Å². The molecule has 15 heavy (non-hydrogen) atoms. The Labute approximate surface area is 105 Å². The van der Waals surface area contributed by atoms with Crippen LogP contribution in [0.3, 0.4) is 0 Å².